The highest BCUT2D eigenvalue weighted by Gasteiger charge is 2.31. The molecule has 0 saturated heterocycles. The fraction of sp³-hybridized carbons (Fsp3) is 0.500. The fourth-order valence-corrected chi connectivity index (χ4v) is 3.43. The Bertz CT molecular complexity index is 553. The molecule has 2 aliphatic rings. The summed E-state index contributed by atoms with van der Waals surface area (Å²) < 4.78 is 0. The van der Waals surface area contributed by atoms with Crippen molar-refractivity contribution in [1.82, 2.24) is 5.32 Å². The Morgan fingerprint density at radius 2 is 2.05 bits per heavy atom. The Hall–Kier alpha value is -1.84. The quantitative estimate of drug-likeness (QED) is 0.887. The number of aliphatic carboxylic acids is 1. The lowest BCUT2D eigenvalue weighted by atomic mass is 10.0. The van der Waals surface area contributed by atoms with Crippen molar-refractivity contribution in [3.05, 3.63) is 34.9 Å². The third kappa shape index (κ3) is 2.42. The number of carbonyl (C=O) groups is 2. The molecule has 4 heteroatoms. The van der Waals surface area contributed by atoms with Crippen LogP contribution in [0, 0.1) is 5.92 Å². The van der Waals surface area contributed by atoms with Gasteiger partial charge < -0.3 is 10.4 Å². The zero-order valence-corrected chi connectivity index (χ0v) is 11.4. The first kappa shape index (κ1) is 13.2. The largest absolute Gasteiger partial charge is 0.481 e. The highest BCUT2D eigenvalue weighted by Crippen LogP contribution is 2.28. The zero-order valence-electron chi connectivity index (χ0n) is 11.4. The van der Waals surface area contributed by atoms with Gasteiger partial charge in [-0.1, -0.05) is 12.1 Å². The summed E-state index contributed by atoms with van der Waals surface area (Å²) >= 11 is 0. The van der Waals surface area contributed by atoms with E-state index < -0.39 is 5.97 Å². The number of benzene rings is 1. The maximum absolute atomic E-state index is 12.4. The van der Waals surface area contributed by atoms with E-state index in [0.29, 0.717) is 12.8 Å². The van der Waals surface area contributed by atoms with Crippen LogP contribution in [-0.2, 0) is 17.6 Å². The molecule has 0 unspecified atom stereocenters. The lowest BCUT2D eigenvalue weighted by Crippen LogP contribution is -2.33. The van der Waals surface area contributed by atoms with Crippen molar-refractivity contribution in [1.29, 1.82) is 0 Å². The minimum atomic E-state index is -0.748. The predicted molar refractivity (Wildman–Crippen MR) is 74.7 cm³/mol. The predicted octanol–water partition coefficient (Wildman–Crippen LogP) is 2.16. The number of rotatable bonds is 3. The second-order valence-electron chi connectivity index (χ2n) is 5.82. The van der Waals surface area contributed by atoms with Crippen LogP contribution in [0.1, 0.15) is 47.2 Å². The van der Waals surface area contributed by atoms with E-state index >= 15 is 0 Å². The van der Waals surface area contributed by atoms with Crippen LogP contribution in [0.25, 0.3) is 0 Å². The van der Waals surface area contributed by atoms with E-state index in [4.69, 9.17) is 5.11 Å². The van der Waals surface area contributed by atoms with Crippen LogP contribution in [0.15, 0.2) is 18.2 Å². The summed E-state index contributed by atoms with van der Waals surface area (Å²) in [6, 6.07) is 5.91. The van der Waals surface area contributed by atoms with Crippen LogP contribution in [0.3, 0.4) is 0 Å². The molecular weight excluding hydrogens is 254 g/mol. The molecule has 1 saturated carbocycles. The molecule has 0 bridgehead atoms. The van der Waals surface area contributed by atoms with Crippen molar-refractivity contribution in [3.63, 3.8) is 0 Å². The molecule has 0 aromatic heterocycles. The van der Waals surface area contributed by atoms with Crippen LogP contribution in [0.2, 0.25) is 0 Å². The molecule has 1 aromatic rings. The highest BCUT2D eigenvalue weighted by atomic mass is 16.4. The van der Waals surface area contributed by atoms with E-state index in [9.17, 15) is 9.59 Å². The van der Waals surface area contributed by atoms with Gasteiger partial charge in [0.25, 0.3) is 5.91 Å². The molecule has 1 aromatic carbocycles. The first-order valence-electron chi connectivity index (χ1n) is 7.29. The van der Waals surface area contributed by atoms with E-state index in [0.717, 1.165) is 31.2 Å². The molecule has 2 N–H and O–H groups in total. The van der Waals surface area contributed by atoms with Gasteiger partial charge in [-0.05, 0) is 55.7 Å². The van der Waals surface area contributed by atoms with E-state index in [1.807, 2.05) is 12.1 Å². The van der Waals surface area contributed by atoms with Gasteiger partial charge in [-0.25, -0.2) is 0 Å². The third-order valence-electron chi connectivity index (χ3n) is 4.51. The number of carboxylic acids is 1. The molecule has 0 aliphatic heterocycles. The summed E-state index contributed by atoms with van der Waals surface area (Å²) in [5.41, 5.74) is 3.24. The lowest BCUT2D eigenvalue weighted by molar-refractivity contribution is -0.141. The van der Waals surface area contributed by atoms with Crippen molar-refractivity contribution in [2.24, 2.45) is 5.92 Å². The number of carbonyl (C=O) groups excluding carboxylic acids is 1. The molecular formula is C16H19NO3. The van der Waals surface area contributed by atoms with Crippen LogP contribution in [0.5, 0.6) is 0 Å². The summed E-state index contributed by atoms with van der Waals surface area (Å²) in [7, 11) is 0. The number of aryl methyl sites for hydroxylation is 1. The molecule has 0 radical (unpaired) electrons. The summed E-state index contributed by atoms with van der Waals surface area (Å²) in [4.78, 5) is 23.3. The van der Waals surface area contributed by atoms with Gasteiger partial charge in [0.05, 0.1) is 5.92 Å². The minimum Gasteiger partial charge on any atom is -0.481 e. The standard InChI is InChI=1S/C16H19NO3/c18-15(17-12-8-7-11(9-12)16(19)20)14-6-2-4-10-3-1-5-13(10)14/h2,4,6,11-12H,1,3,5,7-9H2,(H,17,18)(H,19,20)/t11-,12+/m1/s1. The Labute approximate surface area is 118 Å². The van der Waals surface area contributed by atoms with Gasteiger partial charge in [0.1, 0.15) is 0 Å². The molecule has 4 nitrogen and oxygen atoms in total. The summed E-state index contributed by atoms with van der Waals surface area (Å²) in [6.07, 6.45) is 5.12. The van der Waals surface area contributed by atoms with Gasteiger partial charge >= 0.3 is 5.97 Å². The van der Waals surface area contributed by atoms with Gasteiger partial charge in [0, 0.05) is 11.6 Å². The maximum atomic E-state index is 12.4. The van der Waals surface area contributed by atoms with Gasteiger partial charge in [-0.3, -0.25) is 9.59 Å². The third-order valence-corrected chi connectivity index (χ3v) is 4.51. The SMILES string of the molecule is O=C(N[C@H]1CC[C@@H](C(=O)O)C1)c1cccc2c1CCC2. The average Bonchev–Trinajstić information content (AvgIpc) is 3.05. The Morgan fingerprint density at radius 1 is 1.20 bits per heavy atom. The molecule has 1 amide bonds. The van der Waals surface area contributed by atoms with Crippen molar-refractivity contribution in [2.45, 2.75) is 44.6 Å². The minimum absolute atomic E-state index is 0.000796. The Kier molecular flexibility index (Phi) is 3.47. The van der Waals surface area contributed by atoms with Crippen molar-refractivity contribution in [2.75, 3.05) is 0 Å². The number of fused-ring (bicyclic) bond motifs is 1. The van der Waals surface area contributed by atoms with Gasteiger partial charge in [0.2, 0.25) is 0 Å². The summed E-state index contributed by atoms with van der Waals surface area (Å²) in [5, 5.41) is 12.0. The lowest BCUT2D eigenvalue weighted by Gasteiger charge is -2.14. The average molecular weight is 273 g/mol. The van der Waals surface area contributed by atoms with Crippen LogP contribution >= 0.6 is 0 Å². The molecule has 1 fully saturated rings. The molecule has 2 atom stereocenters. The molecule has 0 heterocycles. The van der Waals surface area contributed by atoms with Crippen molar-refractivity contribution >= 4 is 11.9 Å². The van der Waals surface area contributed by atoms with E-state index in [1.165, 1.54) is 11.1 Å². The van der Waals surface area contributed by atoms with Crippen molar-refractivity contribution < 1.29 is 14.7 Å². The van der Waals surface area contributed by atoms with Gasteiger partial charge in [0.15, 0.2) is 0 Å². The number of hydrogen-bond acceptors (Lipinski definition) is 2. The first-order valence-corrected chi connectivity index (χ1v) is 7.29. The maximum Gasteiger partial charge on any atom is 0.306 e. The van der Waals surface area contributed by atoms with E-state index in [2.05, 4.69) is 11.4 Å². The van der Waals surface area contributed by atoms with Crippen LogP contribution < -0.4 is 5.32 Å². The summed E-state index contributed by atoms with van der Waals surface area (Å²) in [5.74, 6) is -1.09. The van der Waals surface area contributed by atoms with Gasteiger partial charge in [-0.15, -0.1) is 0 Å². The number of nitrogens with one attached hydrogen (secondary N) is 1. The Balaban J connectivity index is 1.69. The van der Waals surface area contributed by atoms with Crippen LogP contribution in [0.4, 0.5) is 0 Å². The monoisotopic (exact) mass is 273 g/mol. The van der Waals surface area contributed by atoms with Crippen LogP contribution in [-0.4, -0.2) is 23.0 Å². The molecule has 20 heavy (non-hydrogen) atoms. The van der Waals surface area contributed by atoms with E-state index in [-0.39, 0.29) is 17.9 Å². The molecule has 2 aliphatic carbocycles. The molecule has 106 valence electrons. The highest BCUT2D eigenvalue weighted by molar-refractivity contribution is 5.96. The smallest absolute Gasteiger partial charge is 0.306 e. The van der Waals surface area contributed by atoms with Crippen molar-refractivity contribution in [3.8, 4) is 0 Å². The number of amides is 1. The van der Waals surface area contributed by atoms with Gasteiger partial charge in [-0.2, -0.15) is 0 Å². The summed E-state index contributed by atoms with van der Waals surface area (Å²) in [6.45, 7) is 0. The Morgan fingerprint density at radius 3 is 2.80 bits per heavy atom. The second kappa shape index (κ2) is 5.27. The second-order valence-corrected chi connectivity index (χ2v) is 5.82. The molecule has 3 rings (SSSR count). The number of hydrogen-bond donors (Lipinski definition) is 2. The first-order chi connectivity index (χ1) is 9.65. The van der Waals surface area contributed by atoms with E-state index in [1.54, 1.807) is 0 Å². The normalized spacial score (nSPS) is 24.4. The zero-order chi connectivity index (χ0) is 14.1. The molecule has 0 spiro atoms. The topological polar surface area (TPSA) is 66.4 Å². The fourth-order valence-electron chi connectivity index (χ4n) is 3.43. The number of carboxylic acid groups (broad SMARTS) is 1.